The first kappa shape index (κ1) is 42.7. The van der Waals surface area contributed by atoms with Crippen LogP contribution in [-0.4, -0.2) is 17.8 Å². The molecule has 3 heteroatoms. The third-order valence-electron chi connectivity index (χ3n) is 9.65. The minimum atomic E-state index is -0.373. The Labute approximate surface area is 307 Å². The van der Waals surface area contributed by atoms with Gasteiger partial charge in [0.25, 0.3) is 0 Å². The van der Waals surface area contributed by atoms with E-state index in [1.165, 1.54) is 58.3 Å². The van der Waals surface area contributed by atoms with Crippen LogP contribution >= 0.6 is 0 Å². The Morgan fingerprint density at radius 2 is 0.980 bits per heavy atom. The van der Waals surface area contributed by atoms with E-state index in [2.05, 4.69) is 111 Å². The van der Waals surface area contributed by atoms with Crippen LogP contribution in [0.2, 0.25) is 0 Å². The van der Waals surface area contributed by atoms with Gasteiger partial charge in [0.15, 0.2) is 11.5 Å². The van der Waals surface area contributed by atoms with E-state index in [0.29, 0.717) is 5.75 Å². The summed E-state index contributed by atoms with van der Waals surface area (Å²) in [5.41, 5.74) is 10.9. The second-order valence-electron chi connectivity index (χ2n) is 15.2. The van der Waals surface area contributed by atoms with Gasteiger partial charge in [-0.15, -0.1) is 0 Å². The van der Waals surface area contributed by atoms with Crippen LogP contribution in [0.15, 0.2) is 99.8 Å². The van der Waals surface area contributed by atoms with Crippen molar-refractivity contribution in [2.75, 3.05) is 7.11 Å². The van der Waals surface area contributed by atoms with Gasteiger partial charge in [0.05, 0.1) is 7.11 Å². The molecule has 276 valence electrons. The van der Waals surface area contributed by atoms with E-state index in [1.807, 2.05) is 6.08 Å². The Kier molecular flexibility index (Phi) is 19.7. The topological polar surface area (TPSA) is 38.7 Å². The molecular weight excluding hydrogens is 613 g/mol. The number of allylic oxidation sites excluding steroid dienone is 14. The molecule has 1 atom stereocenters. The second kappa shape index (κ2) is 23.1. The van der Waals surface area contributed by atoms with Crippen molar-refractivity contribution in [1.29, 1.82) is 0 Å². The van der Waals surface area contributed by atoms with Crippen LogP contribution in [0.25, 0.3) is 6.08 Å². The Bertz CT molecular complexity index is 1450. The Hall–Kier alpha value is -3.46. The highest BCUT2D eigenvalue weighted by molar-refractivity contribution is 5.65. The third kappa shape index (κ3) is 18.0. The standard InChI is InChI=1S/C47H70O3/c1-36(2)18-11-19-37(3)20-12-21-38(4)22-13-23-39(5)24-14-25-40(6)26-15-27-41(7)28-16-29-42(8)30-17-32-47(9)33-31-43-34-44(48)46(49-10)35-45(43)50-47/h18,20,22,24,26,28,30-31,33-35,48H,11-17,19,21,23,25,27,29,32H2,1-10H3. The molecule has 0 fully saturated rings. The number of aromatic hydroxyl groups is 1. The largest absolute Gasteiger partial charge is 0.504 e. The fourth-order valence-corrected chi connectivity index (χ4v) is 6.17. The van der Waals surface area contributed by atoms with Gasteiger partial charge in [-0.2, -0.15) is 0 Å². The summed E-state index contributed by atoms with van der Waals surface area (Å²) in [4.78, 5) is 0. The first-order valence-corrected chi connectivity index (χ1v) is 19.2. The summed E-state index contributed by atoms with van der Waals surface area (Å²) in [6.45, 7) is 20.1. The molecule has 1 aromatic rings. The van der Waals surface area contributed by atoms with Crippen LogP contribution in [0.4, 0.5) is 0 Å². The first-order valence-electron chi connectivity index (χ1n) is 19.2. The summed E-state index contributed by atoms with van der Waals surface area (Å²) in [6, 6.07) is 3.47. The number of ether oxygens (including phenoxy) is 2. The average Bonchev–Trinajstić information content (AvgIpc) is 3.04. The molecule has 0 aromatic heterocycles. The maximum atomic E-state index is 10.1. The molecule has 1 heterocycles. The molecule has 1 aromatic carbocycles. The van der Waals surface area contributed by atoms with E-state index in [4.69, 9.17) is 9.47 Å². The summed E-state index contributed by atoms with van der Waals surface area (Å²) < 4.78 is 11.6. The van der Waals surface area contributed by atoms with Crippen molar-refractivity contribution < 1.29 is 14.6 Å². The van der Waals surface area contributed by atoms with Gasteiger partial charge in [-0.25, -0.2) is 0 Å². The molecule has 1 N–H and O–H groups in total. The molecule has 0 saturated carbocycles. The van der Waals surface area contributed by atoms with Gasteiger partial charge in [-0.05, 0) is 164 Å². The van der Waals surface area contributed by atoms with Gasteiger partial charge in [-0.1, -0.05) is 87.6 Å². The van der Waals surface area contributed by atoms with Crippen LogP contribution in [-0.2, 0) is 0 Å². The van der Waals surface area contributed by atoms with Crippen molar-refractivity contribution >= 4 is 6.08 Å². The first-order chi connectivity index (χ1) is 23.8. The summed E-state index contributed by atoms with van der Waals surface area (Å²) in [7, 11) is 1.56. The molecular formula is C47H70O3. The second-order valence-corrected chi connectivity index (χ2v) is 15.2. The zero-order chi connectivity index (χ0) is 36.9. The summed E-state index contributed by atoms with van der Waals surface area (Å²) >= 11 is 0. The van der Waals surface area contributed by atoms with Gasteiger partial charge in [0, 0.05) is 11.6 Å². The minimum absolute atomic E-state index is 0.132. The number of hydrogen-bond acceptors (Lipinski definition) is 3. The van der Waals surface area contributed by atoms with Crippen LogP contribution in [0.1, 0.15) is 158 Å². The molecule has 1 aliphatic rings. The molecule has 50 heavy (non-hydrogen) atoms. The molecule has 1 unspecified atom stereocenters. The van der Waals surface area contributed by atoms with Gasteiger partial charge < -0.3 is 14.6 Å². The van der Waals surface area contributed by atoms with Gasteiger partial charge in [0.2, 0.25) is 0 Å². The SMILES string of the molecule is COc1cc2c(cc1O)C=CC(C)(CCC=C(C)CCC=C(C)CCC=C(C)CCC=C(C)CCC=C(C)CCC=C(C)CCC=C(C)C)O2. The molecule has 0 aliphatic carbocycles. The molecule has 0 saturated heterocycles. The van der Waals surface area contributed by atoms with Crippen LogP contribution in [0.3, 0.4) is 0 Å². The predicted octanol–water partition coefficient (Wildman–Crippen LogP) is 14.7. The number of methoxy groups -OCH3 is 1. The number of phenolic OH excluding ortho intramolecular Hbond substituents is 1. The lowest BCUT2D eigenvalue weighted by atomic mass is 9.94. The van der Waals surface area contributed by atoms with E-state index in [0.717, 1.165) is 81.9 Å². The normalized spacial score (nSPS) is 17.5. The number of benzene rings is 1. The predicted molar refractivity (Wildman–Crippen MR) is 219 cm³/mol. The van der Waals surface area contributed by atoms with Crippen LogP contribution in [0.5, 0.6) is 17.2 Å². The van der Waals surface area contributed by atoms with Crippen molar-refractivity contribution in [3.8, 4) is 17.2 Å². The number of phenols is 1. The minimum Gasteiger partial charge on any atom is -0.504 e. The summed E-state index contributed by atoms with van der Waals surface area (Å²) in [5, 5.41) is 10.1. The number of fused-ring (bicyclic) bond motifs is 1. The maximum absolute atomic E-state index is 10.1. The molecule has 2 rings (SSSR count). The fraction of sp³-hybridized carbons (Fsp3) is 0.532. The van der Waals surface area contributed by atoms with E-state index in [1.54, 1.807) is 19.2 Å². The van der Waals surface area contributed by atoms with Crippen LogP contribution in [0, 0.1) is 0 Å². The number of hydrogen-bond donors (Lipinski definition) is 1. The van der Waals surface area contributed by atoms with Gasteiger partial charge in [0.1, 0.15) is 11.4 Å². The highest BCUT2D eigenvalue weighted by Gasteiger charge is 2.27. The molecule has 3 nitrogen and oxygen atoms in total. The molecule has 1 aliphatic heterocycles. The van der Waals surface area contributed by atoms with Crippen molar-refractivity contribution in [2.45, 2.75) is 158 Å². The molecule has 0 radical (unpaired) electrons. The van der Waals surface area contributed by atoms with Crippen LogP contribution < -0.4 is 9.47 Å². The maximum Gasteiger partial charge on any atom is 0.164 e. The van der Waals surface area contributed by atoms with E-state index in [9.17, 15) is 5.11 Å². The smallest absolute Gasteiger partial charge is 0.164 e. The lowest BCUT2D eigenvalue weighted by Crippen LogP contribution is -2.31. The zero-order valence-corrected chi connectivity index (χ0v) is 33.5. The number of rotatable bonds is 22. The average molecular weight is 683 g/mol. The van der Waals surface area contributed by atoms with Gasteiger partial charge >= 0.3 is 0 Å². The van der Waals surface area contributed by atoms with Crippen molar-refractivity contribution in [3.63, 3.8) is 0 Å². The van der Waals surface area contributed by atoms with E-state index >= 15 is 0 Å². The Balaban J connectivity index is 1.61. The highest BCUT2D eigenvalue weighted by Crippen LogP contribution is 2.40. The highest BCUT2D eigenvalue weighted by atomic mass is 16.5. The molecule has 0 spiro atoms. The van der Waals surface area contributed by atoms with E-state index in [-0.39, 0.29) is 11.4 Å². The van der Waals surface area contributed by atoms with Crippen molar-refractivity contribution in [2.24, 2.45) is 0 Å². The summed E-state index contributed by atoms with van der Waals surface area (Å²) in [6.07, 6.45) is 36.6. The van der Waals surface area contributed by atoms with E-state index < -0.39 is 0 Å². The molecule has 0 amide bonds. The monoisotopic (exact) mass is 683 g/mol. The third-order valence-corrected chi connectivity index (χ3v) is 9.65. The van der Waals surface area contributed by atoms with Crippen molar-refractivity contribution in [1.82, 2.24) is 0 Å². The summed E-state index contributed by atoms with van der Waals surface area (Å²) in [5.74, 6) is 1.32. The lowest BCUT2D eigenvalue weighted by molar-refractivity contribution is 0.128. The van der Waals surface area contributed by atoms with Gasteiger partial charge in [-0.3, -0.25) is 0 Å². The fourth-order valence-electron chi connectivity index (χ4n) is 6.17. The quantitative estimate of drug-likeness (QED) is 0.124. The Morgan fingerprint density at radius 1 is 0.600 bits per heavy atom. The lowest BCUT2D eigenvalue weighted by Gasteiger charge is -2.31. The molecule has 0 bridgehead atoms. The Morgan fingerprint density at radius 3 is 1.36 bits per heavy atom. The zero-order valence-electron chi connectivity index (χ0n) is 33.5. The van der Waals surface area contributed by atoms with Crippen molar-refractivity contribution in [3.05, 3.63) is 105 Å².